The van der Waals surface area contributed by atoms with Crippen LogP contribution < -0.4 is 10.6 Å². The number of likely N-dealkylation sites (tertiary alicyclic amines) is 1. The van der Waals surface area contributed by atoms with Crippen LogP contribution in [-0.2, 0) is 15.9 Å². The molecule has 0 bridgehead atoms. The summed E-state index contributed by atoms with van der Waals surface area (Å²) in [6.07, 6.45) is 7.65. The maximum atomic E-state index is 5.73. The smallest absolute Gasteiger partial charge is 0.191 e. The van der Waals surface area contributed by atoms with Crippen LogP contribution >= 0.6 is 24.0 Å². The van der Waals surface area contributed by atoms with Crippen molar-refractivity contribution in [2.45, 2.75) is 64.2 Å². The highest BCUT2D eigenvalue weighted by Gasteiger charge is 2.21. The first-order valence-electron chi connectivity index (χ1n) is 11.2. The SMILES string of the molecule is CC(C)OCCN1CCC(NC(=NCC2CCCO2)NCCc2ccco2)CC1.I. The van der Waals surface area contributed by atoms with Crippen LogP contribution in [0.15, 0.2) is 27.8 Å². The van der Waals surface area contributed by atoms with Gasteiger partial charge in [0.25, 0.3) is 0 Å². The van der Waals surface area contributed by atoms with E-state index in [4.69, 9.17) is 18.9 Å². The number of furan rings is 1. The third kappa shape index (κ3) is 9.53. The predicted molar refractivity (Wildman–Crippen MR) is 131 cm³/mol. The number of nitrogens with one attached hydrogen (secondary N) is 2. The first-order valence-corrected chi connectivity index (χ1v) is 11.2. The lowest BCUT2D eigenvalue weighted by molar-refractivity contribution is 0.0532. The van der Waals surface area contributed by atoms with Crippen LogP contribution in [0.1, 0.15) is 45.3 Å². The number of hydrogen-bond donors (Lipinski definition) is 2. The van der Waals surface area contributed by atoms with Crippen molar-refractivity contribution in [3.05, 3.63) is 24.2 Å². The molecule has 7 nitrogen and oxygen atoms in total. The second kappa shape index (κ2) is 14.3. The highest BCUT2D eigenvalue weighted by Crippen LogP contribution is 2.13. The van der Waals surface area contributed by atoms with Gasteiger partial charge in [0.2, 0.25) is 0 Å². The fourth-order valence-corrected chi connectivity index (χ4v) is 3.80. The van der Waals surface area contributed by atoms with Gasteiger partial charge in [-0.1, -0.05) is 0 Å². The molecule has 8 heteroatoms. The fraction of sp³-hybridized carbons (Fsp3) is 0.773. The van der Waals surface area contributed by atoms with E-state index >= 15 is 0 Å². The summed E-state index contributed by atoms with van der Waals surface area (Å²) in [5.41, 5.74) is 0. The monoisotopic (exact) mass is 534 g/mol. The summed E-state index contributed by atoms with van der Waals surface area (Å²) in [5, 5.41) is 7.13. The first kappa shape index (κ1) is 25.4. The molecule has 172 valence electrons. The van der Waals surface area contributed by atoms with E-state index in [2.05, 4.69) is 29.4 Å². The van der Waals surface area contributed by atoms with E-state index in [0.717, 1.165) is 89.8 Å². The van der Waals surface area contributed by atoms with E-state index in [9.17, 15) is 0 Å². The van der Waals surface area contributed by atoms with Gasteiger partial charge in [0.15, 0.2) is 5.96 Å². The minimum Gasteiger partial charge on any atom is -0.469 e. The van der Waals surface area contributed by atoms with Gasteiger partial charge in [0.05, 0.1) is 31.6 Å². The van der Waals surface area contributed by atoms with Crippen LogP contribution in [-0.4, -0.2) is 75.0 Å². The van der Waals surface area contributed by atoms with Gasteiger partial charge in [-0.3, -0.25) is 4.99 Å². The van der Waals surface area contributed by atoms with Crippen LogP contribution in [0.25, 0.3) is 0 Å². The summed E-state index contributed by atoms with van der Waals surface area (Å²) >= 11 is 0. The van der Waals surface area contributed by atoms with Crippen molar-refractivity contribution in [2.75, 3.05) is 45.9 Å². The van der Waals surface area contributed by atoms with Crippen molar-refractivity contribution in [1.29, 1.82) is 0 Å². The van der Waals surface area contributed by atoms with E-state index in [1.54, 1.807) is 6.26 Å². The Labute approximate surface area is 198 Å². The number of nitrogens with zero attached hydrogens (tertiary/aromatic N) is 2. The number of rotatable bonds is 10. The Balaban J connectivity index is 0.00000320. The molecule has 1 aromatic heterocycles. The molecule has 0 spiro atoms. The molecular formula is C22H39IN4O3. The molecule has 3 heterocycles. The second-order valence-corrected chi connectivity index (χ2v) is 8.26. The molecule has 2 aliphatic heterocycles. The quantitative estimate of drug-likeness (QED) is 0.273. The van der Waals surface area contributed by atoms with E-state index in [1.165, 1.54) is 0 Å². The maximum absolute atomic E-state index is 5.73. The average Bonchev–Trinajstić information content (AvgIpc) is 3.41. The van der Waals surface area contributed by atoms with Gasteiger partial charge in [-0.15, -0.1) is 24.0 Å². The zero-order valence-electron chi connectivity index (χ0n) is 18.5. The van der Waals surface area contributed by atoms with Gasteiger partial charge in [-0.25, -0.2) is 0 Å². The van der Waals surface area contributed by atoms with Crippen molar-refractivity contribution < 1.29 is 13.9 Å². The molecule has 3 rings (SSSR count). The van der Waals surface area contributed by atoms with E-state index in [0.29, 0.717) is 12.1 Å². The number of aliphatic imine (C=N–C) groups is 1. The Bertz CT molecular complexity index is 583. The molecule has 30 heavy (non-hydrogen) atoms. The number of ether oxygens (including phenoxy) is 2. The normalized spacial score (nSPS) is 21.0. The van der Waals surface area contributed by atoms with Crippen molar-refractivity contribution in [1.82, 2.24) is 15.5 Å². The van der Waals surface area contributed by atoms with Gasteiger partial charge in [-0.05, 0) is 51.7 Å². The second-order valence-electron chi connectivity index (χ2n) is 8.26. The van der Waals surface area contributed by atoms with Crippen LogP contribution in [0.3, 0.4) is 0 Å². The van der Waals surface area contributed by atoms with E-state index in [-0.39, 0.29) is 30.1 Å². The standard InChI is InChI=1S/C22H38N4O3.HI/c1-18(2)27-16-13-26-11-8-19(9-12-26)25-22(24-17-21-6-4-15-29-21)23-10-7-20-5-3-14-28-20;/h3,5,14,18-19,21H,4,6-13,15-17H2,1-2H3,(H2,23,24,25);1H. The van der Waals surface area contributed by atoms with Crippen LogP contribution in [0.4, 0.5) is 0 Å². The third-order valence-electron chi connectivity index (χ3n) is 5.51. The lowest BCUT2D eigenvalue weighted by atomic mass is 10.1. The summed E-state index contributed by atoms with van der Waals surface area (Å²) in [4.78, 5) is 7.31. The Morgan fingerprint density at radius 3 is 2.80 bits per heavy atom. The Morgan fingerprint density at radius 2 is 2.13 bits per heavy atom. The molecule has 0 aromatic carbocycles. The Morgan fingerprint density at radius 1 is 1.30 bits per heavy atom. The first-order chi connectivity index (χ1) is 14.2. The molecule has 0 saturated carbocycles. The molecule has 2 N–H and O–H groups in total. The number of piperidine rings is 1. The average molecular weight is 534 g/mol. The lowest BCUT2D eigenvalue weighted by Gasteiger charge is -2.33. The third-order valence-corrected chi connectivity index (χ3v) is 5.51. The minimum atomic E-state index is 0. The van der Waals surface area contributed by atoms with E-state index < -0.39 is 0 Å². The molecule has 2 fully saturated rings. The zero-order chi connectivity index (χ0) is 20.3. The zero-order valence-corrected chi connectivity index (χ0v) is 20.8. The molecule has 0 radical (unpaired) electrons. The van der Waals surface area contributed by atoms with Crippen LogP contribution in [0, 0.1) is 0 Å². The van der Waals surface area contributed by atoms with Crippen LogP contribution in [0.5, 0.6) is 0 Å². The lowest BCUT2D eigenvalue weighted by Crippen LogP contribution is -2.49. The number of hydrogen-bond acceptors (Lipinski definition) is 5. The molecule has 2 saturated heterocycles. The van der Waals surface area contributed by atoms with Gasteiger partial charge < -0.3 is 29.4 Å². The largest absolute Gasteiger partial charge is 0.469 e. The number of halogens is 1. The molecule has 1 aromatic rings. The Hall–Kier alpha value is -0.840. The molecule has 0 aliphatic carbocycles. The number of guanidine groups is 1. The molecule has 0 amide bonds. The van der Waals surface area contributed by atoms with Crippen molar-refractivity contribution in [3.63, 3.8) is 0 Å². The summed E-state index contributed by atoms with van der Waals surface area (Å²) in [7, 11) is 0. The molecular weight excluding hydrogens is 495 g/mol. The predicted octanol–water partition coefficient (Wildman–Crippen LogP) is 3.04. The van der Waals surface area contributed by atoms with Crippen LogP contribution in [0.2, 0.25) is 0 Å². The maximum Gasteiger partial charge on any atom is 0.191 e. The van der Waals surface area contributed by atoms with Crippen molar-refractivity contribution in [3.8, 4) is 0 Å². The highest BCUT2D eigenvalue weighted by molar-refractivity contribution is 14.0. The fourth-order valence-electron chi connectivity index (χ4n) is 3.80. The van der Waals surface area contributed by atoms with E-state index in [1.807, 2.05) is 12.1 Å². The van der Waals surface area contributed by atoms with Gasteiger partial charge in [0, 0.05) is 45.2 Å². The summed E-state index contributed by atoms with van der Waals surface area (Å²) in [5.74, 6) is 1.89. The van der Waals surface area contributed by atoms with Crippen molar-refractivity contribution >= 4 is 29.9 Å². The van der Waals surface area contributed by atoms with Gasteiger partial charge in [-0.2, -0.15) is 0 Å². The highest BCUT2D eigenvalue weighted by atomic mass is 127. The summed E-state index contributed by atoms with van der Waals surface area (Å²) in [6, 6.07) is 4.40. The molecule has 2 aliphatic rings. The van der Waals surface area contributed by atoms with Gasteiger partial charge >= 0.3 is 0 Å². The molecule has 1 atom stereocenters. The van der Waals surface area contributed by atoms with Gasteiger partial charge in [0.1, 0.15) is 5.76 Å². The minimum absolute atomic E-state index is 0. The molecule has 1 unspecified atom stereocenters. The topological polar surface area (TPSA) is 71.3 Å². The summed E-state index contributed by atoms with van der Waals surface area (Å²) < 4.78 is 16.8. The van der Waals surface area contributed by atoms with Crippen molar-refractivity contribution in [2.24, 2.45) is 4.99 Å². The summed E-state index contributed by atoms with van der Waals surface area (Å²) in [6.45, 7) is 10.6. The Kier molecular flexibility index (Phi) is 12.1.